The summed E-state index contributed by atoms with van der Waals surface area (Å²) in [6.07, 6.45) is 0.317. The molecule has 0 radical (unpaired) electrons. The molecule has 1 saturated heterocycles. The molecular weight excluding hydrogens is 474 g/mol. The van der Waals surface area contributed by atoms with Gasteiger partial charge in [-0.1, -0.05) is 0 Å². The molecule has 0 N–H and O–H groups in total. The van der Waals surface area contributed by atoms with Gasteiger partial charge in [-0.25, -0.2) is 22.5 Å². The third-order valence-electron chi connectivity index (χ3n) is 6.24. The Morgan fingerprint density at radius 3 is 1.86 bits per heavy atom. The van der Waals surface area contributed by atoms with Crippen molar-refractivity contribution < 1.29 is 21.9 Å². The summed E-state index contributed by atoms with van der Waals surface area (Å²) in [7, 11) is -3.23. The molecule has 35 heavy (non-hydrogen) atoms. The maximum atomic E-state index is 12.8. The second-order valence-corrected chi connectivity index (χ2v) is 9.38. The van der Waals surface area contributed by atoms with Crippen LogP contribution in [-0.2, 0) is 14.6 Å². The van der Waals surface area contributed by atoms with Gasteiger partial charge in [0.15, 0.2) is 0 Å². The molecule has 0 unspecified atom stereocenters. The predicted molar refractivity (Wildman–Crippen MR) is 130 cm³/mol. The molecule has 12 heteroatoms. The van der Waals surface area contributed by atoms with Crippen molar-refractivity contribution in [3.63, 3.8) is 0 Å². The number of anilines is 2. The van der Waals surface area contributed by atoms with E-state index in [1.807, 2.05) is 36.4 Å². The summed E-state index contributed by atoms with van der Waals surface area (Å²) in [5.41, 5.74) is 2.38. The molecule has 2 heterocycles. The number of aromatic nitrogens is 3. The molecule has 2 aromatic carbocycles. The molecule has 188 valence electrons. The standard InChI is InChI=1S/C23H29N5O6S/c1-17(18(2)34-35(30,31)32)28-23(29)27(16-24-28)21-6-4-19(5-7-21)25-12-14-26(15-13-25)20-8-10-22(33-3)11-9-20/h4-11,16-18H,12-15H2,1-3H3,(H,30,31,32)/p-1/t17-,18-/m0/s1. The smallest absolute Gasteiger partial charge is 0.350 e. The largest absolute Gasteiger partial charge is 0.726 e. The SMILES string of the molecule is COc1ccc(N2CCN(c3ccc(-n4cnn([C@@H](C)[C@H](C)OS(=O)(=O)[O-])c4=O)cc3)CC2)cc1. The second kappa shape index (κ2) is 10.1. The summed E-state index contributed by atoms with van der Waals surface area (Å²) < 4.78 is 44.7. The Bertz CT molecular complexity index is 1300. The number of methoxy groups -OCH3 is 1. The highest BCUT2D eigenvalue weighted by atomic mass is 32.3. The minimum Gasteiger partial charge on any atom is -0.726 e. The first-order chi connectivity index (χ1) is 16.7. The number of hydrogen-bond donors (Lipinski definition) is 0. The van der Waals surface area contributed by atoms with Crippen molar-refractivity contribution in [3.05, 3.63) is 65.3 Å². The van der Waals surface area contributed by atoms with Crippen LogP contribution in [0.15, 0.2) is 59.7 Å². The highest BCUT2D eigenvalue weighted by Gasteiger charge is 2.22. The lowest BCUT2D eigenvalue weighted by Crippen LogP contribution is -2.46. The molecule has 11 nitrogen and oxygen atoms in total. The van der Waals surface area contributed by atoms with Gasteiger partial charge in [-0.3, -0.25) is 4.18 Å². The van der Waals surface area contributed by atoms with E-state index in [4.69, 9.17) is 4.74 Å². The monoisotopic (exact) mass is 502 g/mol. The molecule has 1 aromatic heterocycles. The van der Waals surface area contributed by atoms with Crippen LogP contribution in [0.25, 0.3) is 5.69 Å². The number of piperazine rings is 1. The van der Waals surface area contributed by atoms with Crippen LogP contribution in [0.5, 0.6) is 5.75 Å². The summed E-state index contributed by atoms with van der Waals surface area (Å²) in [5, 5.41) is 4.07. The first kappa shape index (κ1) is 24.8. The van der Waals surface area contributed by atoms with Crippen molar-refractivity contribution >= 4 is 21.8 Å². The number of hydrogen-bond acceptors (Lipinski definition) is 9. The van der Waals surface area contributed by atoms with Crippen LogP contribution < -0.4 is 20.2 Å². The van der Waals surface area contributed by atoms with Crippen LogP contribution >= 0.6 is 0 Å². The molecule has 0 amide bonds. The average molecular weight is 503 g/mol. The van der Waals surface area contributed by atoms with Crippen molar-refractivity contribution in [3.8, 4) is 11.4 Å². The molecule has 4 rings (SSSR count). The van der Waals surface area contributed by atoms with Gasteiger partial charge in [0, 0.05) is 37.6 Å². The number of benzene rings is 2. The molecular formula is C23H28N5O6S-. The summed E-state index contributed by atoms with van der Waals surface area (Å²) in [5.74, 6) is 0.838. The maximum Gasteiger partial charge on any atom is 0.350 e. The van der Waals surface area contributed by atoms with Gasteiger partial charge >= 0.3 is 5.69 Å². The first-order valence-corrected chi connectivity index (χ1v) is 12.5. The molecule has 2 atom stereocenters. The van der Waals surface area contributed by atoms with E-state index in [0.29, 0.717) is 5.69 Å². The fraction of sp³-hybridized carbons (Fsp3) is 0.391. The highest BCUT2D eigenvalue weighted by Crippen LogP contribution is 2.23. The van der Waals surface area contributed by atoms with E-state index in [9.17, 15) is 17.8 Å². The average Bonchev–Trinajstić information content (AvgIpc) is 3.24. The lowest BCUT2D eigenvalue weighted by atomic mass is 10.2. The van der Waals surface area contributed by atoms with Gasteiger partial charge in [-0.2, -0.15) is 5.10 Å². The summed E-state index contributed by atoms with van der Waals surface area (Å²) >= 11 is 0. The van der Waals surface area contributed by atoms with Gasteiger partial charge in [0.2, 0.25) is 10.4 Å². The molecule has 0 bridgehead atoms. The number of rotatable bonds is 8. The van der Waals surface area contributed by atoms with Crippen molar-refractivity contribution in [1.29, 1.82) is 0 Å². The maximum absolute atomic E-state index is 12.8. The zero-order valence-corrected chi connectivity index (χ0v) is 20.6. The van der Waals surface area contributed by atoms with E-state index in [-0.39, 0.29) is 0 Å². The van der Waals surface area contributed by atoms with E-state index in [2.05, 4.69) is 31.2 Å². The molecule has 1 aliphatic rings. The van der Waals surface area contributed by atoms with Gasteiger partial charge in [0.05, 0.1) is 24.9 Å². The van der Waals surface area contributed by atoms with Crippen molar-refractivity contribution in [2.45, 2.75) is 26.0 Å². The zero-order chi connectivity index (χ0) is 25.2. The zero-order valence-electron chi connectivity index (χ0n) is 19.8. The normalized spacial score (nSPS) is 16.2. The fourth-order valence-corrected chi connectivity index (χ4v) is 4.61. The Balaban J connectivity index is 1.41. The lowest BCUT2D eigenvalue weighted by molar-refractivity contribution is 0.139. The Morgan fingerprint density at radius 1 is 0.886 bits per heavy atom. The summed E-state index contributed by atoms with van der Waals surface area (Å²) in [6, 6.07) is 14.9. The van der Waals surface area contributed by atoms with Gasteiger partial charge < -0.3 is 19.1 Å². The fourth-order valence-electron chi connectivity index (χ4n) is 4.08. The molecule has 1 fully saturated rings. The molecule has 0 saturated carbocycles. The van der Waals surface area contributed by atoms with Crippen molar-refractivity contribution in [1.82, 2.24) is 14.3 Å². The number of nitrogens with zero attached hydrogens (tertiary/aromatic N) is 5. The summed E-state index contributed by atoms with van der Waals surface area (Å²) in [4.78, 5) is 17.5. The number of ether oxygens (including phenoxy) is 1. The third kappa shape index (κ3) is 5.66. The Labute approximate surface area is 204 Å². The van der Waals surface area contributed by atoms with Gasteiger partial charge in [-0.15, -0.1) is 0 Å². The van der Waals surface area contributed by atoms with Gasteiger partial charge in [0.25, 0.3) is 0 Å². The molecule has 0 spiro atoms. The topological polar surface area (TPSA) is 122 Å². The quantitative estimate of drug-likeness (QED) is 0.335. The van der Waals surface area contributed by atoms with Crippen molar-refractivity contribution in [2.24, 2.45) is 0 Å². The van der Waals surface area contributed by atoms with Gasteiger partial charge in [-0.05, 0) is 62.4 Å². The van der Waals surface area contributed by atoms with E-state index in [1.165, 1.54) is 23.5 Å². The first-order valence-electron chi connectivity index (χ1n) is 11.2. The van der Waals surface area contributed by atoms with E-state index < -0.39 is 28.2 Å². The van der Waals surface area contributed by atoms with Crippen molar-refractivity contribution in [2.75, 3.05) is 43.1 Å². The van der Waals surface area contributed by atoms with E-state index >= 15 is 0 Å². The predicted octanol–water partition coefficient (Wildman–Crippen LogP) is 1.80. The Kier molecular flexibility index (Phi) is 7.15. The molecule has 1 aliphatic heterocycles. The van der Waals surface area contributed by atoms with Crippen LogP contribution in [0.3, 0.4) is 0 Å². The van der Waals surface area contributed by atoms with Crippen LogP contribution in [0, 0.1) is 0 Å². The van der Waals surface area contributed by atoms with Crippen LogP contribution in [0.1, 0.15) is 19.9 Å². The molecule has 0 aliphatic carbocycles. The van der Waals surface area contributed by atoms with Crippen LogP contribution in [0.2, 0.25) is 0 Å². The van der Waals surface area contributed by atoms with E-state index in [1.54, 1.807) is 14.0 Å². The lowest BCUT2D eigenvalue weighted by Gasteiger charge is -2.37. The van der Waals surface area contributed by atoms with E-state index in [0.717, 1.165) is 42.3 Å². The van der Waals surface area contributed by atoms with Gasteiger partial charge in [0.1, 0.15) is 12.1 Å². The minimum absolute atomic E-state index is 0.461. The second-order valence-electron chi connectivity index (χ2n) is 8.37. The minimum atomic E-state index is -4.89. The summed E-state index contributed by atoms with van der Waals surface area (Å²) in [6.45, 7) is 6.45. The Morgan fingerprint density at radius 2 is 1.37 bits per heavy atom. The third-order valence-corrected chi connectivity index (χ3v) is 6.78. The Hall–Kier alpha value is -3.35. The highest BCUT2D eigenvalue weighted by molar-refractivity contribution is 7.80. The van der Waals surface area contributed by atoms with Crippen LogP contribution in [-0.4, -0.2) is 66.7 Å². The molecule has 3 aromatic rings. The van der Waals surface area contributed by atoms with Crippen LogP contribution in [0.4, 0.5) is 11.4 Å².